The third kappa shape index (κ3) is 8.53. The van der Waals surface area contributed by atoms with Crippen molar-refractivity contribution in [3.8, 4) is 0 Å². The van der Waals surface area contributed by atoms with Crippen molar-refractivity contribution in [3.63, 3.8) is 0 Å². The fourth-order valence-electron chi connectivity index (χ4n) is 3.67. The van der Waals surface area contributed by atoms with Crippen LogP contribution >= 0.6 is 0 Å². The number of nitrogens with one attached hydrogen (secondary N) is 2. The fourth-order valence-corrected chi connectivity index (χ4v) is 3.67. The summed E-state index contributed by atoms with van der Waals surface area (Å²) in [4.78, 5) is 0. The lowest BCUT2D eigenvalue weighted by molar-refractivity contribution is 0.275. The molecule has 0 amide bonds. The average Bonchev–Trinajstić information content (AvgIpc) is 2.74. The summed E-state index contributed by atoms with van der Waals surface area (Å²) in [5, 5.41) is 7.13. The summed E-state index contributed by atoms with van der Waals surface area (Å²) in [7, 11) is 0. The quantitative estimate of drug-likeness (QED) is 0.357. The molecule has 0 aliphatic heterocycles. The van der Waals surface area contributed by atoms with Crippen molar-refractivity contribution in [2.24, 2.45) is 16.9 Å². The second kappa shape index (κ2) is 13.5. The molecule has 28 heavy (non-hydrogen) atoms. The molecule has 6 N–H and O–H groups in total. The Bertz CT molecular complexity index is 574. The monoisotopic (exact) mass is 382 g/mol. The summed E-state index contributed by atoms with van der Waals surface area (Å²) in [6.07, 6.45) is 5.40. The number of benzene rings is 2. The van der Waals surface area contributed by atoms with Gasteiger partial charge in [-0.25, -0.2) is 0 Å². The lowest BCUT2D eigenvalue weighted by Crippen LogP contribution is -2.44. The predicted molar refractivity (Wildman–Crippen MR) is 120 cm³/mol. The normalized spacial score (nSPS) is 11.6. The number of rotatable bonds is 15. The van der Waals surface area contributed by atoms with Crippen molar-refractivity contribution in [2.45, 2.75) is 32.1 Å². The van der Waals surface area contributed by atoms with E-state index < -0.39 is 0 Å². The van der Waals surface area contributed by atoms with Crippen LogP contribution in [0.5, 0.6) is 0 Å². The first kappa shape index (κ1) is 22.6. The van der Waals surface area contributed by atoms with Crippen molar-refractivity contribution in [2.75, 3.05) is 39.3 Å². The smallest absolute Gasteiger partial charge is 0.00309 e. The minimum atomic E-state index is 0.0298. The van der Waals surface area contributed by atoms with Gasteiger partial charge in [-0.3, -0.25) is 0 Å². The Balaban J connectivity index is 1.87. The molecule has 2 rings (SSSR count). The van der Waals surface area contributed by atoms with Gasteiger partial charge in [0.15, 0.2) is 0 Å². The van der Waals surface area contributed by atoms with Gasteiger partial charge in [-0.15, -0.1) is 0 Å². The number of hydrogen-bond acceptors (Lipinski definition) is 4. The van der Waals surface area contributed by atoms with E-state index in [1.807, 2.05) is 0 Å². The van der Waals surface area contributed by atoms with E-state index in [0.717, 1.165) is 52.0 Å². The summed E-state index contributed by atoms with van der Waals surface area (Å²) in [6.45, 7) is 5.49. The Labute approximate surface area is 171 Å². The van der Waals surface area contributed by atoms with Gasteiger partial charge in [0.05, 0.1) is 0 Å². The first-order chi connectivity index (χ1) is 13.8. The molecular formula is C24H38N4. The van der Waals surface area contributed by atoms with Crippen molar-refractivity contribution < 1.29 is 0 Å². The van der Waals surface area contributed by atoms with Crippen LogP contribution in [0.2, 0.25) is 0 Å². The maximum Gasteiger partial charge on any atom is 0.00309 e. The van der Waals surface area contributed by atoms with Crippen LogP contribution in [-0.4, -0.2) is 39.3 Å². The molecule has 0 aliphatic carbocycles. The van der Waals surface area contributed by atoms with Crippen LogP contribution < -0.4 is 22.1 Å². The van der Waals surface area contributed by atoms with Crippen LogP contribution in [0.1, 0.15) is 30.4 Å². The lowest BCUT2D eigenvalue weighted by Gasteiger charge is -2.33. The number of unbranched alkanes of at least 4 members (excludes halogenated alkanes) is 1. The molecule has 0 aromatic heterocycles. The zero-order valence-corrected chi connectivity index (χ0v) is 17.2. The SMILES string of the molecule is NCCCNCCCCNCC(CN)(Cc1ccccc1)Cc1ccccc1. The summed E-state index contributed by atoms with van der Waals surface area (Å²) >= 11 is 0. The van der Waals surface area contributed by atoms with Crippen molar-refractivity contribution in [1.82, 2.24) is 10.6 Å². The third-order valence-corrected chi connectivity index (χ3v) is 5.29. The zero-order valence-electron chi connectivity index (χ0n) is 17.2. The molecule has 0 spiro atoms. The van der Waals surface area contributed by atoms with Gasteiger partial charge >= 0.3 is 0 Å². The molecule has 0 heterocycles. The highest BCUT2D eigenvalue weighted by Gasteiger charge is 2.29. The Kier molecular flexibility index (Phi) is 10.8. The molecule has 4 heteroatoms. The highest BCUT2D eigenvalue weighted by atomic mass is 14.9. The van der Waals surface area contributed by atoms with E-state index >= 15 is 0 Å². The van der Waals surface area contributed by atoms with Gasteiger partial charge in [-0.1, -0.05) is 60.7 Å². The zero-order chi connectivity index (χ0) is 19.9. The maximum absolute atomic E-state index is 6.35. The van der Waals surface area contributed by atoms with Gasteiger partial charge in [0, 0.05) is 12.0 Å². The van der Waals surface area contributed by atoms with Gasteiger partial charge < -0.3 is 22.1 Å². The minimum Gasteiger partial charge on any atom is -0.330 e. The second-order valence-corrected chi connectivity index (χ2v) is 7.80. The Morgan fingerprint density at radius 1 is 0.643 bits per heavy atom. The first-order valence-electron chi connectivity index (χ1n) is 10.7. The first-order valence-corrected chi connectivity index (χ1v) is 10.7. The topological polar surface area (TPSA) is 76.1 Å². The molecule has 0 aliphatic rings. The average molecular weight is 383 g/mol. The Morgan fingerprint density at radius 3 is 1.64 bits per heavy atom. The van der Waals surface area contributed by atoms with E-state index in [9.17, 15) is 0 Å². The molecule has 0 bridgehead atoms. The van der Waals surface area contributed by atoms with Crippen LogP contribution in [0.3, 0.4) is 0 Å². The minimum absolute atomic E-state index is 0.0298. The highest BCUT2D eigenvalue weighted by molar-refractivity contribution is 5.21. The van der Waals surface area contributed by atoms with E-state index in [1.54, 1.807) is 0 Å². The third-order valence-electron chi connectivity index (χ3n) is 5.29. The van der Waals surface area contributed by atoms with E-state index in [-0.39, 0.29) is 5.41 Å². The van der Waals surface area contributed by atoms with Crippen molar-refractivity contribution in [1.29, 1.82) is 0 Å². The molecule has 2 aromatic carbocycles. The Morgan fingerprint density at radius 2 is 1.14 bits per heavy atom. The number of hydrogen-bond donors (Lipinski definition) is 4. The second-order valence-electron chi connectivity index (χ2n) is 7.80. The molecule has 0 radical (unpaired) electrons. The van der Waals surface area contributed by atoms with Crippen molar-refractivity contribution in [3.05, 3.63) is 71.8 Å². The molecule has 154 valence electrons. The molecule has 0 saturated carbocycles. The Hall–Kier alpha value is -1.72. The molecule has 4 nitrogen and oxygen atoms in total. The summed E-state index contributed by atoms with van der Waals surface area (Å²) in [6, 6.07) is 21.5. The standard InChI is InChI=1S/C24H38N4/c25-14-9-17-27-15-7-8-16-28-21-24(20-26,18-22-10-3-1-4-11-22)19-23-12-5-2-6-13-23/h1-6,10-13,27-28H,7-9,14-21,25-26H2. The van der Waals surface area contributed by atoms with Crippen molar-refractivity contribution >= 4 is 0 Å². The van der Waals surface area contributed by atoms with Gasteiger partial charge in [0.2, 0.25) is 0 Å². The maximum atomic E-state index is 6.35. The van der Waals surface area contributed by atoms with E-state index in [0.29, 0.717) is 6.54 Å². The highest BCUT2D eigenvalue weighted by Crippen LogP contribution is 2.26. The number of nitrogens with two attached hydrogens (primary N) is 2. The summed E-state index contributed by atoms with van der Waals surface area (Å²) in [5.74, 6) is 0. The fraction of sp³-hybridized carbons (Fsp3) is 0.500. The molecule has 0 saturated heterocycles. The van der Waals surface area contributed by atoms with E-state index in [1.165, 1.54) is 24.0 Å². The van der Waals surface area contributed by atoms with Crippen LogP contribution in [0.15, 0.2) is 60.7 Å². The van der Waals surface area contributed by atoms with E-state index in [4.69, 9.17) is 11.5 Å². The molecule has 2 aromatic rings. The van der Waals surface area contributed by atoms with E-state index in [2.05, 4.69) is 71.3 Å². The molecule has 0 fully saturated rings. The summed E-state index contributed by atoms with van der Waals surface area (Å²) in [5.41, 5.74) is 14.6. The molecule has 0 atom stereocenters. The van der Waals surface area contributed by atoms with Crippen LogP contribution in [0.4, 0.5) is 0 Å². The van der Waals surface area contributed by atoms with Gasteiger partial charge in [0.25, 0.3) is 0 Å². The summed E-state index contributed by atoms with van der Waals surface area (Å²) < 4.78 is 0. The molecular weight excluding hydrogens is 344 g/mol. The predicted octanol–water partition coefficient (Wildman–Crippen LogP) is 2.73. The molecule has 0 unspecified atom stereocenters. The van der Waals surface area contributed by atoms with Gasteiger partial charge in [-0.2, -0.15) is 0 Å². The van der Waals surface area contributed by atoms with Crippen LogP contribution in [-0.2, 0) is 12.8 Å². The largest absolute Gasteiger partial charge is 0.330 e. The van der Waals surface area contributed by atoms with Crippen LogP contribution in [0.25, 0.3) is 0 Å². The lowest BCUT2D eigenvalue weighted by atomic mass is 9.76. The van der Waals surface area contributed by atoms with Crippen LogP contribution in [0, 0.1) is 5.41 Å². The van der Waals surface area contributed by atoms with Gasteiger partial charge in [0.1, 0.15) is 0 Å². The van der Waals surface area contributed by atoms with Gasteiger partial charge in [-0.05, 0) is 76.0 Å².